The highest BCUT2D eigenvalue weighted by Gasteiger charge is 2.34. The minimum absolute atomic E-state index is 0.939. The lowest BCUT2D eigenvalue weighted by molar-refractivity contribution is 0.308. The summed E-state index contributed by atoms with van der Waals surface area (Å²) in [6.07, 6.45) is 8.56. The summed E-state index contributed by atoms with van der Waals surface area (Å²) in [7, 11) is 0. The van der Waals surface area contributed by atoms with Crippen LogP contribution in [0.25, 0.3) is 0 Å². The smallest absolute Gasteiger partial charge is 0.0175 e. The van der Waals surface area contributed by atoms with Crippen molar-refractivity contribution in [1.82, 2.24) is 0 Å². The predicted octanol–water partition coefficient (Wildman–Crippen LogP) is 4.56. The van der Waals surface area contributed by atoms with E-state index in [-0.39, 0.29) is 0 Å². The Bertz CT molecular complexity index is 236. The first-order chi connectivity index (χ1) is 6.74. The second-order valence-corrected chi connectivity index (χ2v) is 5.42. The second-order valence-electron chi connectivity index (χ2n) is 5.42. The topological polar surface area (TPSA) is 0 Å². The summed E-state index contributed by atoms with van der Waals surface area (Å²) in [5.41, 5.74) is 3.73. The lowest BCUT2D eigenvalue weighted by Crippen LogP contribution is -2.19. The average molecular weight is 192 g/mol. The summed E-state index contributed by atoms with van der Waals surface area (Å²) >= 11 is 0. The quantitative estimate of drug-likeness (QED) is 0.563. The molecule has 0 radical (unpaired) electrons. The van der Waals surface area contributed by atoms with Crippen LogP contribution >= 0.6 is 0 Å². The second kappa shape index (κ2) is 4.08. The molecule has 0 N–H and O–H groups in total. The number of hydrogen-bond donors (Lipinski definition) is 0. The number of rotatable bonds is 2. The first-order valence-electron chi connectivity index (χ1n) is 6.45. The fourth-order valence-electron chi connectivity index (χ4n) is 3.23. The molecule has 0 amide bonds. The van der Waals surface area contributed by atoms with Crippen LogP contribution in [0.15, 0.2) is 11.1 Å². The van der Waals surface area contributed by atoms with Gasteiger partial charge in [0, 0.05) is 0 Å². The summed E-state index contributed by atoms with van der Waals surface area (Å²) < 4.78 is 0. The van der Waals surface area contributed by atoms with E-state index in [1.807, 2.05) is 11.1 Å². The van der Waals surface area contributed by atoms with Crippen molar-refractivity contribution in [1.29, 1.82) is 0 Å². The zero-order valence-corrected chi connectivity index (χ0v) is 9.97. The van der Waals surface area contributed by atoms with Gasteiger partial charge in [0.15, 0.2) is 0 Å². The van der Waals surface area contributed by atoms with Gasteiger partial charge in [-0.3, -0.25) is 0 Å². The molecule has 0 aromatic heterocycles. The van der Waals surface area contributed by atoms with Crippen LogP contribution in [0.2, 0.25) is 0 Å². The van der Waals surface area contributed by atoms with E-state index in [9.17, 15) is 0 Å². The van der Waals surface area contributed by atoms with Gasteiger partial charge in [0.05, 0.1) is 0 Å². The summed E-state index contributed by atoms with van der Waals surface area (Å²) in [6, 6.07) is 0. The highest BCUT2D eigenvalue weighted by Crippen LogP contribution is 2.48. The molecule has 2 saturated carbocycles. The molecule has 2 fully saturated rings. The van der Waals surface area contributed by atoms with E-state index in [4.69, 9.17) is 0 Å². The third kappa shape index (κ3) is 1.89. The Morgan fingerprint density at radius 2 is 1.93 bits per heavy atom. The summed E-state index contributed by atoms with van der Waals surface area (Å²) in [6.45, 7) is 7.19. The van der Waals surface area contributed by atoms with Crippen LogP contribution in [0.1, 0.15) is 59.3 Å². The first-order valence-corrected chi connectivity index (χ1v) is 6.45. The van der Waals surface area contributed by atoms with Gasteiger partial charge in [0.25, 0.3) is 0 Å². The molecule has 0 heterocycles. The highest BCUT2D eigenvalue weighted by atomic mass is 14.4. The van der Waals surface area contributed by atoms with E-state index in [0.29, 0.717) is 0 Å². The van der Waals surface area contributed by atoms with E-state index >= 15 is 0 Å². The average Bonchev–Trinajstić information content (AvgIpc) is 2.87. The van der Waals surface area contributed by atoms with Crippen LogP contribution in [0.5, 0.6) is 0 Å². The molecule has 3 unspecified atom stereocenters. The van der Waals surface area contributed by atoms with Crippen LogP contribution in [-0.4, -0.2) is 0 Å². The number of hydrogen-bond acceptors (Lipinski definition) is 0. The van der Waals surface area contributed by atoms with Crippen molar-refractivity contribution in [3.63, 3.8) is 0 Å². The summed E-state index contributed by atoms with van der Waals surface area (Å²) in [5, 5.41) is 0. The molecule has 0 spiro atoms. The van der Waals surface area contributed by atoms with E-state index in [1.165, 1.54) is 38.5 Å². The van der Waals surface area contributed by atoms with Gasteiger partial charge < -0.3 is 0 Å². The molecule has 3 atom stereocenters. The molecule has 2 rings (SSSR count). The Morgan fingerprint density at radius 3 is 2.50 bits per heavy atom. The zero-order valence-electron chi connectivity index (χ0n) is 9.97. The molecular formula is C14H24. The highest BCUT2D eigenvalue weighted by molar-refractivity contribution is 5.32. The molecular weight excluding hydrogens is 168 g/mol. The lowest BCUT2D eigenvalue weighted by Gasteiger charge is -2.31. The lowest BCUT2D eigenvalue weighted by atomic mass is 9.74. The zero-order chi connectivity index (χ0) is 10.1. The predicted molar refractivity (Wildman–Crippen MR) is 62.2 cm³/mol. The van der Waals surface area contributed by atoms with Crippen molar-refractivity contribution in [2.24, 2.45) is 17.8 Å². The maximum atomic E-state index is 2.47. The Labute approximate surface area is 88.8 Å². The molecule has 2 aliphatic carbocycles. The molecule has 0 saturated heterocycles. The van der Waals surface area contributed by atoms with Gasteiger partial charge in [0.1, 0.15) is 0 Å². The molecule has 0 aromatic rings. The van der Waals surface area contributed by atoms with Crippen LogP contribution in [0, 0.1) is 17.8 Å². The van der Waals surface area contributed by atoms with Crippen LogP contribution in [-0.2, 0) is 0 Å². The van der Waals surface area contributed by atoms with Crippen LogP contribution in [0.4, 0.5) is 0 Å². The Balaban J connectivity index is 2.13. The van der Waals surface area contributed by atoms with Crippen molar-refractivity contribution in [3.05, 3.63) is 11.1 Å². The molecule has 0 nitrogen and oxygen atoms in total. The van der Waals surface area contributed by atoms with Gasteiger partial charge in [-0.05, 0) is 49.9 Å². The van der Waals surface area contributed by atoms with Gasteiger partial charge in [-0.2, -0.15) is 0 Å². The fourth-order valence-corrected chi connectivity index (χ4v) is 3.23. The molecule has 80 valence electrons. The number of allylic oxidation sites excluding steroid dienone is 2. The van der Waals surface area contributed by atoms with Gasteiger partial charge in [-0.1, -0.05) is 38.3 Å². The minimum Gasteiger partial charge on any atom is -0.0673 e. The van der Waals surface area contributed by atoms with E-state index in [0.717, 1.165) is 17.8 Å². The van der Waals surface area contributed by atoms with Crippen molar-refractivity contribution >= 4 is 0 Å². The Hall–Kier alpha value is -0.260. The van der Waals surface area contributed by atoms with Crippen molar-refractivity contribution < 1.29 is 0 Å². The van der Waals surface area contributed by atoms with E-state index < -0.39 is 0 Å². The monoisotopic (exact) mass is 192 g/mol. The standard InChI is InChI=1S/C14H24/c1-4-6-12-10(2)7-5-8-13(12)14-9-11(14)3/h10-12H,4-9H2,1-3H3. The maximum absolute atomic E-state index is 2.47. The van der Waals surface area contributed by atoms with E-state index in [2.05, 4.69) is 20.8 Å². The van der Waals surface area contributed by atoms with Gasteiger partial charge >= 0.3 is 0 Å². The molecule has 14 heavy (non-hydrogen) atoms. The third-order valence-corrected chi connectivity index (χ3v) is 4.21. The maximum Gasteiger partial charge on any atom is -0.0175 e. The van der Waals surface area contributed by atoms with Gasteiger partial charge in [-0.25, -0.2) is 0 Å². The summed E-state index contributed by atoms with van der Waals surface area (Å²) in [5.74, 6) is 2.85. The largest absolute Gasteiger partial charge is 0.0673 e. The molecule has 0 aromatic carbocycles. The van der Waals surface area contributed by atoms with Crippen LogP contribution < -0.4 is 0 Å². The normalized spacial score (nSPS) is 42.6. The molecule has 2 aliphatic rings. The van der Waals surface area contributed by atoms with Gasteiger partial charge in [0.2, 0.25) is 0 Å². The van der Waals surface area contributed by atoms with Gasteiger partial charge in [-0.15, -0.1) is 0 Å². The van der Waals surface area contributed by atoms with Crippen molar-refractivity contribution in [3.8, 4) is 0 Å². The van der Waals surface area contributed by atoms with E-state index in [1.54, 1.807) is 0 Å². The first kappa shape index (κ1) is 10.3. The molecule has 0 aliphatic heterocycles. The fraction of sp³-hybridized carbons (Fsp3) is 0.857. The SMILES string of the molecule is CCCC1C(=C2CC2C)CCCC1C. The van der Waals surface area contributed by atoms with Crippen molar-refractivity contribution in [2.75, 3.05) is 0 Å². The molecule has 0 heteroatoms. The molecule has 0 bridgehead atoms. The minimum atomic E-state index is 0.939. The Morgan fingerprint density at radius 1 is 1.21 bits per heavy atom. The Kier molecular flexibility index (Phi) is 2.99. The van der Waals surface area contributed by atoms with Crippen LogP contribution in [0.3, 0.4) is 0 Å². The van der Waals surface area contributed by atoms with Crippen molar-refractivity contribution in [2.45, 2.75) is 59.3 Å². The third-order valence-electron chi connectivity index (χ3n) is 4.21. The summed E-state index contributed by atoms with van der Waals surface area (Å²) in [4.78, 5) is 0.